The lowest BCUT2D eigenvalue weighted by molar-refractivity contribution is 0.476. The molecular weight excluding hydrogens is 156 g/mol. The first kappa shape index (κ1) is 6.68. The predicted octanol–water partition coefficient (Wildman–Crippen LogP) is 2.79. The molecule has 1 aromatic carbocycles. The Bertz CT molecular complexity index is 389. The minimum Gasteiger partial charge on any atom is -0.508 e. The molecule has 0 fully saturated rings. The summed E-state index contributed by atoms with van der Waals surface area (Å²) in [5, 5.41) is 13.3. The molecule has 2 heteroatoms. The number of fused-ring (bicyclic) bond motifs is 1. The van der Waals surface area contributed by atoms with E-state index in [0.717, 1.165) is 15.6 Å². The van der Waals surface area contributed by atoms with E-state index in [1.165, 1.54) is 0 Å². The third-order valence-electron chi connectivity index (χ3n) is 1.66. The van der Waals surface area contributed by atoms with Crippen molar-refractivity contribution >= 4 is 22.1 Å². The van der Waals surface area contributed by atoms with E-state index < -0.39 is 0 Å². The molecule has 55 valence electrons. The minimum absolute atomic E-state index is 0.315. The van der Waals surface area contributed by atoms with Crippen molar-refractivity contribution in [1.29, 1.82) is 0 Å². The summed E-state index contributed by atoms with van der Waals surface area (Å²) < 4.78 is 0. The number of benzene rings is 1. The Kier molecular flexibility index (Phi) is 1.36. The highest BCUT2D eigenvalue weighted by Crippen LogP contribution is 2.27. The highest BCUT2D eigenvalue weighted by atomic mass is 32.1. The van der Waals surface area contributed by atoms with Crippen LogP contribution in [0.15, 0.2) is 23.6 Å². The van der Waals surface area contributed by atoms with Gasteiger partial charge < -0.3 is 5.11 Å². The van der Waals surface area contributed by atoms with Gasteiger partial charge in [-0.25, -0.2) is 0 Å². The van der Waals surface area contributed by atoms with Crippen LogP contribution in [0.3, 0.4) is 0 Å². The van der Waals surface area contributed by atoms with Gasteiger partial charge in [-0.1, -0.05) is 0 Å². The van der Waals surface area contributed by atoms with Gasteiger partial charge in [0.2, 0.25) is 0 Å². The first-order valence-corrected chi connectivity index (χ1v) is 4.17. The Morgan fingerprint density at radius 2 is 2.18 bits per heavy atom. The third kappa shape index (κ3) is 0.994. The van der Waals surface area contributed by atoms with E-state index in [9.17, 15) is 0 Å². The molecule has 2 rings (SSSR count). The maximum Gasteiger partial charge on any atom is 0.116 e. The van der Waals surface area contributed by atoms with Crippen molar-refractivity contribution < 1.29 is 5.11 Å². The molecule has 0 aliphatic rings. The lowest BCUT2D eigenvalue weighted by Crippen LogP contribution is -1.66. The van der Waals surface area contributed by atoms with Crippen LogP contribution in [0.2, 0.25) is 0 Å². The second-order valence-corrected chi connectivity index (χ2v) is 3.39. The Morgan fingerprint density at radius 1 is 1.36 bits per heavy atom. The van der Waals surface area contributed by atoms with E-state index in [-0.39, 0.29) is 0 Å². The fourth-order valence-electron chi connectivity index (χ4n) is 1.10. The van der Waals surface area contributed by atoms with Gasteiger partial charge in [0.05, 0.1) is 0 Å². The van der Waals surface area contributed by atoms with Crippen LogP contribution in [-0.2, 0) is 0 Å². The molecule has 2 aromatic rings. The molecule has 0 aliphatic heterocycles. The molecule has 0 atom stereocenters. The number of phenolic OH excluding ortho intramolecular Hbond substituents is 1. The molecule has 0 saturated carbocycles. The van der Waals surface area contributed by atoms with Gasteiger partial charge in [0.15, 0.2) is 0 Å². The lowest BCUT2D eigenvalue weighted by atomic mass is 10.2. The zero-order valence-electron chi connectivity index (χ0n) is 5.87. The van der Waals surface area contributed by atoms with Crippen molar-refractivity contribution in [3.8, 4) is 5.75 Å². The van der Waals surface area contributed by atoms with Crippen LogP contribution in [0, 0.1) is 6.92 Å². The number of hydrogen-bond donors (Lipinski definition) is 1. The molecule has 1 N–H and O–H groups in total. The molecular formula is C9H7OS. The molecule has 11 heavy (non-hydrogen) atoms. The number of thiophene rings is 1. The average Bonchev–Trinajstić information content (AvgIpc) is 2.32. The predicted molar refractivity (Wildman–Crippen MR) is 47.9 cm³/mol. The van der Waals surface area contributed by atoms with Crippen molar-refractivity contribution in [2.45, 2.75) is 0 Å². The van der Waals surface area contributed by atoms with Crippen LogP contribution in [0.1, 0.15) is 4.88 Å². The lowest BCUT2D eigenvalue weighted by Gasteiger charge is -1.91. The van der Waals surface area contributed by atoms with Gasteiger partial charge in [-0.2, -0.15) is 0 Å². The van der Waals surface area contributed by atoms with Gasteiger partial charge in [-0.15, -0.1) is 11.3 Å². The topological polar surface area (TPSA) is 20.2 Å². The molecule has 1 aromatic heterocycles. The summed E-state index contributed by atoms with van der Waals surface area (Å²) in [5.41, 5.74) is 0. The molecule has 1 nitrogen and oxygen atoms in total. The molecule has 0 saturated heterocycles. The fraction of sp³-hybridized carbons (Fsp3) is 0. The summed E-state index contributed by atoms with van der Waals surface area (Å²) >= 11 is 1.60. The maximum atomic E-state index is 9.12. The number of rotatable bonds is 0. The van der Waals surface area contributed by atoms with Crippen LogP contribution in [0.5, 0.6) is 5.75 Å². The SMILES string of the molecule is [CH2]c1scc2cc(O)ccc12. The van der Waals surface area contributed by atoms with E-state index in [1.54, 1.807) is 23.5 Å². The molecule has 0 aliphatic carbocycles. The quantitative estimate of drug-likeness (QED) is 0.633. The van der Waals surface area contributed by atoms with Crippen LogP contribution in [-0.4, -0.2) is 5.11 Å². The second-order valence-electron chi connectivity index (χ2n) is 2.43. The Balaban J connectivity index is 2.86. The Hall–Kier alpha value is -1.02. The van der Waals surface area contributed by atoms with Crippen LogP contribution in [0.4, 0.5) is 0 Å². The molecule has 0 bridgehead atoms. The fourth-order valence-corrected chi connectivity index (χ4v) is 1.88. The number of phenols is 1. The van der Waals surface area contributed by atoms with E-state index in [2.05, 4.69) is 6.92 Å². The monoisotopic (exact) mass is 163 g/mol. The molecule has 0 spiro atoms. The largest absolute Gasteiger partial charge is 0.508 e. The zero-order chi connectivity index (χ0) is 7.84. The van der Waals surface area contributed by atoms with E-state index in [1.807, 2.05) is 11.4 Å². The van der Waals surface area contributed by atoms with Gasteiger partial charge in [0.25, 0.3) is 0 Å². The van der Waals surface area contributed by atoms with Crippen LogP contribution >= 0.6 is 11.3 Å². The second kappa shape index (κ2) is 2.24. The average molecular weight is 163 g/mol. The summed E-state index contributed by atoms with van der Waals surface area (Å²) in [6, 6.07) is 5.33. The molecule has 0 amide bonds. The van der Waals surface area contributed by atoms with Crippen molar-refractivity contribution in [3.05, 3.63) is 35.4 Å². The first-order valence-electron chi connectivity index (χ1n) is 3.29. The third-order valence-corrected chi connectivity index (χ3v) is 2.54. The number of aromatic hydroxyl groups is 1. The van der Waals surface area contributed by atoms with E-state index in [4.69, 9.17) is 5.11 Å². The summed E-state index contributed by atoms with van der Waals surface area (Å²) in [4.78, 5) is 1.06. The summed E-state index contributed by atoms with van der Waals surface area (Å²) in [5.74, 6) is 0.315. The first-order chi connectivity index (χ1) is 5.27. The van der Waals surface area contributed by atoms with Gasteiger partial charge >= 0.3 is 0 Å². The van der Waals surface area contributed by atoms with Gasteiger partial charge in [0.1, 0.15) is 5.75 Å². The van der Waals surface area contributed by atoms with E-state index >= 15 is 0 Å². The standard InChI is InChI=1S/C9H7OS/c1-6-9-3-2-8(10)4-7(9)5-11-6/h2-5,10H,1H2. The molecule has 1 heterocycles. The summed E-state index contributed by atoms with van der Waals surface area (Å²) in [7, 11) is 0. The van der Waals surface area contributed by atoms with Crippen molar-refractivity contribution in [2.24, 2.45) is 0 Å². The normalized spacial score (nSPS) is 10.6. The van der Waals surface area contributed by atoms with Crippen LogP contribution < -0.4 is 0 Å². The van der Waals surface area contributed by atoms with Crippen LogP contribution in [0.25, 0.3) is 10.8 Å². The van der Waals surface area contributed by atoms with Crippen molar-refractivity contribution in [1.82, 2.24) is 0 Å². The molecule has 1 radical (unpaired) electrons. The van der Waals surface area contributed by atoms with Gasteiger partial charge in [0, 0.05) is 4.88 Å². The maximum absolute atomic E-state index is 9.12. The van der Waals surface area contributed by atoms with Gasteiger partial charge in [-0.05, 0) is 41.3 Å². The van der Waals surface area contributed by atoms with Crippen molar-refractivity contribution in [2.75, 3.05) is 0 Å². The van der Waals surface area contributed by atoms with E-state index in [0.29, 0.717) is 5.75 Å². The summed E-state index contributed by atoms with van der Waals surface area (Å²) in [6.07, 6.45) is 0. The zero-order valence-corrected chi connectivity index (χ0v) is 6.69. The van der Waals surface area contributed by atoms with Crippen molar-refractivity contribution in [3.63, 3.8) is 0 Å². The smallest absolute Gasteiger partial charge is 0.116 e. The highest BCUT2D eigenvalue weighted by Gasteiger charge is 1.99. The molecule has 0 unspecified atom stereocenters. The highest BCUT2D eigenvalue weighted by molar-refractivity contribution is 7.11. The Morgan fingerprint density at radius 3 is 3.00 bits per heavy atom. The van der Waals surface area contributed by atoms with Gasteiger partial charge in [-0.3, -0.25) is 0 Å². The minimum atomic E-state index is 0.315. The summed E-state index contributed by atoms with van der Waals surface area (Å²) in [6.45, 7) is 3.88. The number of hydrogen-bond acceptors (Lipinski definition) is 2. The Labute approximate surface area is 68.9 Å².